The van der Waals surface area contributed by atoms with Crippen LogP contribution in [0.5, 0.6) is 5.75 Å². The van der Waals surface area contributed by atoms with Crippen molar-refractivity contribution in [2.45, 2.75) is 24.4 Å². The molecule has 0 aliphatic heterocycles. The van der Waals surface area contributed by atoms with Crippen molar-refractivity contribution in [2.75, 3.05) is 5.73 Å². The maximum absolute atomic E-state index is 8.83. The SMILES string of the molecule is Cc1ccc(OCc2nc(CSc3ncc(C#N)c(N)n3)cs2)cc1. The minimum absolute atomic E-state index is 0.200. The van der Waals surface area contributed by atoms with Crippen LogP contribution in [-0.4, -0.2) is 15.0 Å². The van der Waals surface area contributed by atoms with Crippen LogP contribution in [0, 0.1) is 18.3 Å². The third kappa shape index (κ3) is 4.68. The van der Waals surface area contributed by atoms with Gasteiger partial charge in [-0.25, -0.2) is 15.0 Å². The van der Waals surface area contributed by atoms with E-state index in [4.69, 9.17) is 15.7 Å². The van der Waals surface area contributed by atoms with Crippen LogP contribution in [0.4, 0.5) is 5.82 Å². The van der Waals surface area contributed by atoms with Crippen LogP contribution in [0.25, 0.3) is 0 Å². The van der Waals surface area contributed by atoms with Crippen LogP contribution in [0.15, 0.2) is 41.0 Å². The van der Waals surface area contributed by atoms with Crippen LogP contribution in [0.1, 0.15) is 21.8 Å². The smallest absolute Gasteiger partial charge is 0.189 e. The Hall–Kier alpha value is -2.63. The largest absolute Gasteiger partial charge is 0.486 e. The fourth-order valence-corrected chi connectivity index (χ4v) is 3.46. The molecular weight excluding hydrogens is 354 g/mol. The molecule has 3 aromatic rings. The molecule has 3 rings (SSSR count). The Morgan fingerprint density at radius 1 is 1.28 bits per heavy atom. The van der Waals surface area contributed by atoms with E-state index in [1.165, 1.54) is 23.5 Å². The second-order valence-corrected chi connectivity index (χ2v) is 7.07. The summed E-state index contributed by atoms with van der Waals surface area (Å²) in [5.74, 6) is 1.66. The number of anilines is 1. The van der Waals surface area contributed by atoms with E-state index in [0.717, 1.165) is 16.5 Å². The molecule has 0 aliphatic rings. The highest BCUT2D eigenvalue weighted by atomic mass is 32.2. The van der Waals surface area contributed by atoms with Gasteiger partial charge in [-0.3, -0.25) is 0 Å². The van der Waals surface area contributed by atoms with E-state index in [9.17, 15) is 0 Å². The lowest BCUT2D eigenvalue weighted by Crippen LogP contribution is -1.98. The molecule has 0 amide bonds. The zero-order valence-electron chi connectivity index (χ0n) is 13.5. The molecule has 126 valence electrons. The number of aromatic nitrogens is 3. The summed E-state index contributed by atoms with van der Waals surface area (Å²) in [6, 6.07) is 9.88. The van der Waals surface area contributed by atoms with Gasteiger partial charge in [0.25, 0.3) is 0 Å². The Bertz CT molecular complexity index is 902. The summed E-state index contributed by atoms with van der Waals surface area (Å²) in [5.41, 5.74) is 8.11. The number of thiazole rings is 1. The van der Waals surface area contributed by atoms with Gasteiger partial charge in [0.15, 0.2) is 5.16 Å². The highest BCUT2D eigenvalue weighted by Crippen LogP contribution is 2.23. The van der Waals surface area contributed by atoms with Crippen molar-refractivity contribution in [3.05, 3.63) is 57.7 Å². The fraction of sp³-hybridized carbons (Fsp3) is 0.176. The summed E-state index contributed by atoms with van der Waals surface area (Å²) in [7, 11) is 0. The van der Waals surface area contributed by atoms with Gasteiger partial charge in [0.1, 0.15) is 34.8 Å². The molecule has 0 saturated heterocycles. The minimum atomic E-state index is 0.200. The van der Waals surface area contributed by atoms with Gasteiger partial charge in [-0.1, -0.05) is 29.5 Å². The number of benzene rings is 1. The van der Waals surface area contributed by atoms with E-state index in [-0.39, 0.29) is 11.4 Å². The second kappa shape index (κ2) is 7.96. The summed E-state index contributed by atoms with van der Waals surface area (Å²) in [6.45, 7) is 2.48. The van der Waals surface area contributed by atoms with Crippen molar-refractivity contribution in [1.29, 1.82) is 5.26 Å². The van der Waals surface area contributed by atoms with Gasteiger partial charge in [0.2, 0.25) is 0 Å². The van der Waals surface area contributed by atoms with Crippen LogP contribution >= 0.6 is 23.1 Å². The van der Waals surface area contributed by atoms with Gasteiger partial charge in [-0.05, 0) is 19.1 Å². The van der Waals surface area contributed by atoms with Gasteiger partial charge >= 0.3 is 0 Å². The molecule has 2 N–H and O–H groups in total. The van der Waals surface area contributed by atoms with Crippen molar-refractivity contribution in [3.8, 4) is 11.8 Å². The van der Waals surface area contributed by atoms with Gasteiger partial charge in [-0.2, -0.15) is 5.26 Å². The first-order valence-corrected chi connectivity index (χ1v) is 9.29. The van der Waals surface area contributed by atoms with Gasteiger partial charge in [0.05, 0.1) is 11.9 Å². The molecule has 2 aromatic heterocycles. The summed E-state index contributed by atoms with van der Waals surface area (Å²) < 4.78 is 5.73. The van der Waals surface area contributed by atoms with Crippen molar-refractivity contribution < 1.29 is 4.74 Å². The van der Waals surface area contributed by atoms with Crippen LogP contribution < -0.4 is 10.5 Å². The molecule has 1 aromatic carbocycles. The van der Waals surface area contributed by atoms with Crippen molar-refractivity contribution >= 4 is 28.9 Å². The summed E-state index contributed by atoms with van der Waals surface area (Å²) >= 11 is 2.99. The monoisotopic (exact) mass is 369 g/mol. The Labute approximate surface area is 153 Å². The van der Waals surface area contributed by atoms with Crippen molar-refractivity contribution in [2.24, 2.45) is 0 Å². The zero-order valence-corrected chi connectivity index (χ0v) is 15.1. The molecule has 2 heterocycles. The maximum atomic E-state index is 8.83. The first-order chi connectivity index (χ1) is 12.1. The predicted octanol–water partition coefficient (Wildman–Crippen LogP) is 3.57. The molecule has 0 atom stereocenters. The molecule has 0 unspecified atom stereocenters. The average molecular weight is 369 g/mol. The maximum Gasteiger partial charge on any atom is 0.189 e. The minimum Gasteiger partial charge on any atom is -0.486 e. The van der Waals surface area contributed by atoms with E-state index in [1.54, 1.807) is 11.3 Å². The van der Waals surface area contributed by atoms with Crippen molar-refractivity contribution in [1.82, 2.24) is 15.0 Å². The number of hydrogen-bond donors (Lipinski definition) is 1. The zero-order chi connectivity index (χ0) is 17.6. The third-order valence-corrected chi connectivity index (χ3v) is 5.01. The molecule has 0 radical (unpaired) electrons. The van der Waals surface area contributed by atoms with Crippen LogP contribution in [0.3, 0.4) is 0 Å². The Kier molecular flexibility index (Phi) is 5.48. The Morgan fingerprint density at radius 3 is 2.80 bits per heavy atom. The average Bonchev–Trinajstić information content (AvgIpc) is 3.07. The molecule has 0 fully saturated rings. The molecule has 6 nitrogen and oxygen atoms in total. The third-order valence-electron chi connectivity index (χ3n) is 3.25. The second-order valence-electron chi connectivity index (χ2n) is 5.19. The van der Waals surface area contributed by atoms with E-state index < -0.39 is 0 Å². The number of nitriles is 1. The Morgan fingerprint density at radius 2 is 2.08 bits per heavy atom. The van der Waals surface area contributed by atoms with Gasteiger partial charge < -0.3 is 10.5 Å². The van der Waals surface area contributed by atoms with E-state index in [1.807, 2.05) is 42.6 Å². The number of rotatable bonds is 6. The normalized spacial score (nSPS) is 10.4. The number of nitrogen functional groups attached to an aromatic ring is 1. The molecule has 0 bridgehead atoms. The number of aryl methyl sites for hydroxylation is 1. The Balaban J connectivity index is 1.54. The lowest BCUT2D eigenvalue weighted by molar-refractivity contribution is 0.305. The van der Waals surface area contributed by atoms with Gasteiger partial charge in [-0.15, -0.1) is 11.3 Å². The van der Waals surface area contributed by atoms with Gasteiger partial charge in [0, 0.05) is 11.1 Å². The number of thioether (sulfide) groups is 1. The number of nitrogens with two attached hydrogens (primary N) is 1. The number of hydrogen-bond acceptors (Lipinski definition) is 8. The summed E-state index contributed by atoms with van der Waals surface area (Å²) in [4.78, 5) is 12.8. The first kappa shape index (κ1) is 17.2. The van der Waals surface area contributed by atoms with Crippen molar-refractivity contribution in [3.63, 3.8) is 0 Å². The topological polar surface area (TPSA) is 97.7 Å². The van der Waals surface area contributed by atoms with E-state index >= 15 is 0 Å². The summed E-state index contributed by atoms with van der Waals surface area (Å²) in [6.07, 6.45) is 1.44. The molecule has 25 heavy (non-hydrogen) atoms. The molecule has 8 heteroatoms. The molecule has 0 aliphatic carbocycles. The number of nitrogens with zero attached hydrogens (tertiary/aromatic N) is 4. The molecular formula is C17H15N5OS2. The summed E-state index contributed by atoms with van der Waals surface area (Å²) in [5, 5.41) is 12.3. The van der Waals surface area contributed by atoms with Crippen LogP contribution in [-0.2, 0) is 12.4 Å². The lowest BCUT2D eigenvalue weighted by atomic mass is 10.2. The lowest BCUT2D eigenvalue weighted by Gasteiger charge is -2.03. The van der Waals surface area contributed by atoms with E-state index in [2.05, 4.69) is 15.0 Å². The number of ether oxygens (including phenoxy) is 1. The predicted molar refractivity (Wildman–Crippen MR) is 98.3 cm³/mol. The van der Waals surface area contributed by atoms with Crippen LogP contribution in [0.2, 0.25) is 0 Å². The first-order valence-electron chi connectivity index (χ1n) is 7.42. The highest BCUT2D eigenvalue weighted by Gasteiger charge is 2.07. The molecule has 0 spiro atoms. The van der Waals surface area contributed by atoms with E-state index in [0.29, 0.717) is 17.5 Å². The highest BCUT2D eigenvalue weighted by molar-refractivity contribution is 7.98. The molecule has 0 saturated carbocycles. The quantitative estimate of drug-likeness (QED) is 0.524. The fourth-order valence-electron chi connectivity index (χ4n) is 1.93. The standard InChI is InChI=1S/C17H15N5OS2/c1-11-2-4-14(5-3-11)23-8-15-21-13(9-24-15)10-25-17-20-7-12(6-18)16(19)22-17/h2-5,7,9H,8,10H2,1H3,(H2,19,20,22).